The SMILES string of the molecule is CC(=O)Nc1ccc(C)c(NC(=O)CSCC(=O)O)c1. The molecule has 0 unspecified atom stereocenters. The molecule has 0 saturated heterocycles. The van der Waals surface area contributed by atoms with Crippen LogP contribution in [0.4, 0.5) is 11.4 Å². The molecule has 1 aromatic carbocycles. The summed E-state index contributed by atoms with van der Waals surface area (Å²) >= 11 is 1.03. The molecule has 0 heterocycles. The molecule has 2 amide bonds. The number of aliphatic carboxylic acids is 1. The predicted octanol–water partition coefficient (Wildman–Crippen LogP) is 1.71. The Hall–Kier alpha value is -2.02. The number of hydrogen-bond acceptors (Lipinski definition) is 4. The zero-order chi connectivity index (χ0) is 15.1. The molecule has 108 valence electrons. The predicted molar refractivity (Wildman–Crippen MR) is 79.1 cm³/mol. The number of benzene rings is 1. The lowest BCUT2D eigenvalue weighted by molar-refractivity contribution is -0.133. The second-order valence-corrected chi connectivity index (χ2v) is 5.13. The van der Waals surface area contributed by atoms with Crippen LogP contribution in [0, 0.1) is 6.92 Å². The lowest BCUT2D eigenvalue weighted by Gasteiger charge is -2.10. The molecule has 7 heteroatoms. The van der Waals surface area contributed by atoms with Gasteiger partial charge in [-0.1, -0.05) is 6.07 Å². The van der Waals surface area contributed by atoms with Crippen LogP contribution in [0.3, 0.4) is 0 Å². The maximum atomic E-state index is 11.7. The molecular weight excluding hydrogens is 280 g/mol. The van der Waals surface area contributed by atoms with E-state index in [1.165, 1.54) is 6.92 Å². The van der Waals surface area contributed by atoms with Crippen LogP contribution in [-0.4, -0.2) is 34.4 Å². The number of carbonyl (C=O) groups is 3. The molecule has 1 rings (SSSR count). The zero-order valence-electron chi connectivity index (χ0n) is 11.2. The Labute approximate surface area is 120 Å². The quantitative estimate of drug-likeness (QED) is 0.742. The highest BCUT2D eigenvalue weighted by Crippen LogP contribution is 2.20. The van der Waals surface area contributed by atoms with E-state index in [2.05, 4.69) is 10.6 Å². The van der Waals surface area contributed by atoms with E-state index in [0.29, 0.717) is 11.4 Å². The molecule has 0 aromatic heterocycles. The molecule has 0 aliphatic carbocycles. The smallest absolute Gasteiger partial charge is 0.313 e. The van der Waals surface area contributed by atoms with Crippen LogP contribution in [0.15, 0.2) is 18.2 Å². The van der Waals surface area contributed by atoms with E-state index < -0.39 is 5.97 Å². The standard InChI is InChI=1S/C13H16N2O4S/c1-8-3-4-10(14-9(2)16)5-11(8)15-12(17)6-20-7-13(18)19/h3-5H,6-7H2,1-2H3,(H,14,16)(H,15,17)(H,18,19). The summed E-state index contributed by atoms with van der Waals surface area (Å²) in [7, 11) is 0. The van der Waals surface area contributed by atoms with Gasteiger partial charge in [0.1, 0.15) is 0 Å². The van der Waals surface area contributed by atoms with Crippen LogP contribution in [0.25, 0.3) is 0 Å². The van der Waals surface area contributed by atoms with Crippen LogP contribution < -0.4 is 10.6 Å². The molecule has 0 aliphatic rings. The summed E-state index contributed by atoms with van der Waals surface area (Å²) in [6, 6.07) is 5.19. The molecule has 0 saturated carbocycles. The third-order valence-corrected chi connectivity index (χ3v) is 3.21. The average Bonchev–Trinajstić information content (AvgIpc) is 2.32. The summed E-state index contributed by atoms with van der Waals surface area (Å²) in [6.07, 6.45) is 0. The number of thioether (sulfide) groups is 1. The fourth-order valence-corrected chi connectivity index (χ4v) is 1.99. The third kappa shape index (κ3) is 5.75. The average molecular weight is 296 g/mol. The van der Waals surface area contributed by atoms with Crippen molar-refractivity contribution in [2.45, 2.75) is 13.8 Å². The minimum Gasteiger partial charge on any atom is -0.481 e. The first-order valence-corrected chi connectivity index (χ1v) is 7.01. The van der Waals surface area contributed by atoms with Crippen molar-refractivity contribution in [2.24, 2.45) is 0 Å². The molecule has 0 radical (unpaired) electrons. The third-order valence-electron chi connectivity index (χ3n) is 2.29. The van der Waals surface area contributed by atoms with Crippen LogP contribution in [0.5, 0.6) is 0 Å². The largest absolute Gasteiger partial charge is 0.481 e. The van der Waals surface area contributed by atoms with Gasteiger partial charge in [-0.15, -0.1) is 11.8 Å². The number of carboxylic acid groups (broad SMARTS) is 1. The van der Waals surface area contributed by atoms with Gasteiger partial charge in [0.2, 0.25) is 11.8 Å². The second-order valence-electron chi connectivity index (χ2n) is 4.15. The Kier molecular flexibility index (Phi) is 6.05. The van der Waals surface area contributed by atoms with Crippen molar-refractivity contribution in [3.63, 3.8) is 0 Å². The van der Waals surface area contributed by atoms with Crippen molar-refractivity contribution in [1.29, 1.82) is 0 Å². The lowest BCUT2D eigenvalue weighted by Crippen LogP contribution is -2.16. The van der Waals surface area contributed by atoms with Crippen LogP contribution in [0.1, 0.15) is 12.5 Å². The number of rotatable bonds is 6. The van der Waals surface area contributed by atoms with E-state index in [-0.39, 0.29) is 23.3 Å². The minimum atomic E-state index is -0.952. The number of carbonyl (C=O) groups excluding carboxylic acids is 2. The van der Waals surface area contributed by atoms with Gasteiger partial charge in [0.15, 0.2) is 0 Å². The number of anilines is 2. The molecule has 0 fully saturated rings. The van der Waals surface area contributed by atoms with Crippen molar-refractivity contribution in [3.8, 4) is 0 Å². The highest BCUT2D eigenvalue weighted by molar-refractivity contribution is 8.00. The number of amides is 2. The molecule has 20 heavy (non-hydrogen) atoms. The van der Waals surface area contributed by atoms with E-state index in [4.69, 9.17) is 5.11 Å². The van der Waals surface area contributed by atoms with E-state index in [1.807, 2.05) is 6.92 Å². The summed E-state index contributed by atoms with van der Waals surface area (Å²) in [5.74, 6) is -1.47. The van der Waals surface area contributed by atoms with E-state index in [1.54, 1.807) is 18.2 Å². The van der Waals surface area contributed by atoms with Gasteiger partial charge in [0.05, 0.1) is 11.5 Å². The van der Waals surface area contributed by atoms with Crippen LogP contribution in [0.2, 0.25) is 0 Å². The molecule has 1 aromatic rings. The van der Waals surface area contributed by atoms with Gasteiger partial charge in [-0.2, -0.15) is 0 Å². The first-order chi connectivity index (χ1) is 9.38. The summed E-state index contributed by atoms with van der Waals surface area (Å²) in [5.41, 5.74) is 2.05. The van der Waals surface area contributed by atoms with Crippen molar-refractivity contribution in [3.05, 3.63) is 23.8 Å². The maximum absolute atomic E-state index is 11.7. The molecule has 0 spiro atoms. The first-order valence-electron chi connectivity index (χ1n) is 5.86. The van der Waals surface area contributed by atoms with Crippen LogP contribution >= 0.6 is 11.8 Å². The molecule has 0 bridgehead atoms. The number of aryl methyl sites for hydroxylation is 1. The van der Waals surface area contributed by atoms with E-state index >= 15 is 0 Å². The van der Waals surface area contributed by atoms with Gasteiger partial charge in [0, 0.05) is 18.3 Å². The summed E-state index contributed by atoms with van der Waals surface area (Å²) in [5, 5.41) is 13.8. The fourth-order valence-electron chi connectivity index (χ4n) is 1.46. The maximum Gasteiger partial charge on any atom is 0.313 e. The molecule has 6 nitrogen and oxygen atoms in total. The van der Waals surface area contributed by atoms with Gasteiger partial charge >= 0.3 is 5.97 Å². The highest BCUT2D eigenvalue weighted by Gasteiger charge is 2.07. The van der Waals surface area contributed by atoms with E-state index in [0.717, 1.165) is 17.3 Å². The number of nitrogens with one attached hydrogen (secondary N) is 2. The summed E-state index contributed by atoms with van der Waals surface area (Å²) in [4.78, 5) is 33.0. The zero-order valence-corrected chi connectivity index (χ0v) is 12.0. The topological polar surface area (TPSA) is 95.5 Å². The van der Waals surface area contributed by atoms with Gasteiger partial charge < -0.3 is 15.7 Å². The van der Waals surface area contributed by atoms with Crippen molar-refractivity contribution >= 4 is 40.9 Å². The minimum absolute atomic E-state index is 0.0656. The summed E-state index contributed by atoms with van der Waals surface area (Å²) in [6.45, 7) is 3.23. The second kappa shape index (κ2) is 7.54. The Morgan fingerprint density at radius 3 is 2.50 bits per heavy atom. The van der Waals surface area contributed by atoms with Gasteiger partial charge in [0.25, 0.3) is 0 Å². The molecule has 0 atom stereocenters. The monoisotopic (exact) mass is 296 g/mol. The Balaban J connectivity index is 2.63. The number of carboxylic acids is 1. The Morgan fingerprint density at radius 2 is 1.90 bits per heavy atom. The highest BCUT2D eigenvalue weighted by atomic mass is 32.2. The Bertz CT molecular complexity index is 531. The van der Waals surface area contributed by atoms with Crippen LogP contribution in [-0.2, 0) is 14.4 Å². The van der Waals surface area contributed by atoms with Crippen molar-refractivity contribution < 1.29 is 19.5 Å². The Morgan fingerprint density at radius 1 is 1.20 bits per heavy atom. The molecule has 0 aliphatic heterocycles. The fraction of sp³-hybridized carbons (Fsp3) is 0.308. The van der Waals surface area contributed by atoms with Crippen molar-refractivity contribution in [2.75, 3.05) is 22.1 Å². The van der Waals surface area contributed by atoms with Gasteiger partial charge in [-0.25, -0.2) is 0 Å². The van der Waals surface area contributed by atoms with E-state index in [9.17, 15) is 14.4 Å². The lowest BCUT2D eigenvalue weighted by atomic mass is 10.2. The van der Waals surface area contributed by atoms with Gasteiger partial charge in [-0.3, -0.25) is 14.4 Å². The number of hydrogen-bond donors (Lipinski definition) is 3. The molecular formula is C13H16N2O4S. The normalized spacial score (nSPS) is 9.90. The summed E-state index contributed by atoms with van der Waals surface area (Å²) < 4.78 is 0. The molecule has 3 N–H and O–H groups in total. The first kappa shape index (κ1) is 16.0. The van der Waals surface area contributed by atoms with Gasteiger partial charge in [-0.05, 0) is 24.6 Å². The van der Waals surface area contributed by atoms with Crippen molar-refractivity contribution in [1.82, 2.24) is 0 Å².